The highest BCUT2D eigenvalue weighted by Gasteiger charge is 2.39. The molecule has 0 aliphatic carbocycles. The van der Waals surface area contributed by atoms with E-state index < -0.39 is 24.3 Å². The molecule has 0 saturated carbocycles. The Morgan fingerprint density at radius 3 is 1.82 bits per heavy atom. The van der Waals surface area contributed by atoms with Gasteiger partial charge in [-0.3, -0.25) is 19.5 Å². The third-order valence-corrected chi connectivity index (χ3v) is 10.7. The van der Waals surface area contributed by atoms with E-state index in [0.29, 0.717) is 24.7 Å². The minimum Gasteiger partial charge on any atom is -0.465 e. The van der Waals surface area contributed by atoms with Crippen molar-refractivity contribution in [3.8, 4) is 33.6 Å². The predicted octanol–water partition coefficient (Wildman–Crippen LogP) is 5.82. The third kappa shape index (κ3) is 7.97. The number of likely N-dealkylation sites (N-methyl/N-ethyl adjacent to an activating group) is 1. The molecular formula is C41H45N9O6. The number of alkyl carbamates (subject to hydrolysis) is 1. The molecule has 0 bridgehead atoms. The van der Waals surface area contributed by atoms with Crippen molar-refractivity contribution in [2.75, 3.05) is 27.2 Å². The lowest BCUT2D eigenvalue weighted by atomic mass is 10.0. The fourth-order valence-electron chi connectivity index (χ4n) is 7.62. The maximum Gasteiger partial charge on any atom is 0.407 e. The van der Waals surface area contributed by atoms with Crippen molar-refractivity contribution in [3.63, 3.8) is 0 Å². The highest BCUT2D eigenvalue weighted by molar-refractivity contribution is 5.87. The van der Waals surface area contributed by atoms with Crippen LogP contribution in [0.25, 0.3) is 33.6 Å². The fourth-order valence-corrected chi connectivity index (χ4v) is 7.62. The number of likely N-dealkylation sites (tertiary alicyclic amines) is 2. The first-order valence-corrected chi connectivity index (χ1v) is 18.7. The average Bonchev–Trinajstić information content (AvgIpc) is 4.07. The van der Waals surface area contributed by atoms with Crippen LogP contribution in [0.2, 0.25) is 0 Å². The number of carbonyl (C=O) groups is 4. The summed E-state index contributed by atoms with van der Waals surface area (Å²) in [7, 11) is 2.69. The predicted molar refractivity (Wildman–Crippen MR) is 207 cm³/mol. The van der Waals surface area contributed by atoms with Gasteiger partial charge in [-0.15, -0.1) is 0 Å². The van der Waals surface area contributed by atoms with E-state index in [1.165, 1.54) is 14.2 Å². The molecule has 3 aromatic heterocycles. The second-order valence-electron chi connectivity index (χ2n) is 14.2. The Balaban J connectivity index is 1.00. The SMILES string of the molecule is COC(=O)N[C@@H](C)C(=O)N1CCC[C@H]1c1ncc(-c2ccc(-c3ccc(-c4cnc([C@@H]5CCCN5C(=O)[C@H](Cc5cccnc5)N(C)C(=O)O)[nH]4)cc3)cc2)[nH]1. The lowest BCUT2D eigenvalue weighted by Crippen LogP contribution is -2.50. The maximum absolute atomic E-state index is 13.9. The number of nitrogens with zero attached hydrogens (tertiary/aromatic N) is 6. The molecule has 7 rings (SSSR count). The van der Waals surface area contributed by atoms with Crippen LogP contribution >= 0.6 is 0 Å². The summed E-state index contributed by atoms with van der Waals surface area (Å²) in [6.45, 7) is 2.75. The Morgan fingerprint density at radius 1 is 0.821 bits per heavy atom. The number of nitrogens with one attached hydrogen (secondary N) is 3. The molecule has 4 N–H and O–H groups in total. The third-order valence-electron chi connectivity index (χ3n) is 10.7. The Bertz CT molecular complexity index is 2170. The second-order valence-corrected chi connectivity index (χ2v) is 14.2. The summed E-state index contributed by atoms with van der Waals surface area (Å²) in [5, 5.41) is 12.3. The monoisotopic (exact) mass is 759 g/mol. The highest BCUT2D eigenvalue weighted by atomic mass is 16.5. The Kier molecular flexibility index (Phi) is 11.1. The van der Waals surface area contributed by atoms with Crippen molar-refractivity contribution in [1.29, 1.82) is 0 Å². The molecule has 15 heteroatoms. The summed E-state index contributed by atoms with van der Waals surface area (Å²) in [4.78, 5) is 75.5. The van der Waals surface area contributed by atoms with E-state index in [9.17, 15) is 24.3 Å². The van der Waals surface area contributed by atoms with Crippen LogP contribution in [0.4, 0.5) is 9.59 Å². The highest BCUT2D eigenvalue weighted by Crippen LogP contribution is 2.35. The van der Waals surface area contributed by atoms with Crippen LogP contribution in [0, 0.1) is 0 Å². The number of methoxy groups -OCH3 is 1. The average molecular weight is 760 g/mol. The fraction of sp³-hybridized carbons (Fsp3) is 0.341. The standard InChI is InChI=1S/C41H45N9O6/c1-25(45-40(53)56-3)38(51)49-19-5-8-33(49)36-43-23-31(46-36)29-14-10-27(11-15-29)28-12-16-30(17-13-28)32-24-44-37(47-32)34-9-6-20-50(34)39(52)35(48(2)41(54)55)21-26-7-4-18-42-22-26/h4,7,10-18,22-25,33-35H,5-6,8-9,19-21H2,1-3H3,(H,43,46)(H,44,47)(H,45,53)(H,54,55)/t25-,33-,34-,35-/m0/s1. The number of pyridine rings is 1. The molecule has 0 spiro atoms. The number of aromatic nitrogens is 5. The Labute approximate surface area is 324 Å². The number of imidazole rings is 2. The Hall–Kier alpha value is -6.51. The maximum atomic E-state index is 13.9. The van der Waals surface area contributed by atoms with Crippen LogP contribution in [0.1, 0.15) is 61.9 Å². The van der Waals surface area contributed by atoms with Crippen molar-refractivity contribution >= 4 is 24.0 Å². The van der Waals surface area contributed by atoms with E-state index in [2.05, 4.69) is 59.2 Å². The van der Waals surface area contributed by atoms with Crippen molar-refractivity contribution in [3.05, 3.63) is 103 Å². The lowest BCUT2D eigenvalue weighted by molar-refractivity contribution is -0.137. The van der Waals surface area contributed by atoms with E-state index in [0.717, 1.165) is 69.8 Å². The summed E-state index contributed by atoms with van der Waals surface area (Å²) in [6, 6.07) is 17.9. The molecule has 5 aromatic rings. The van der Waals surface area contributed by atoms with Crippen molar-refractivity contribution < 1.29 is 29.0 Å². The molecule has 56 heavy (non-hydrogen) atoms. The van der Waals surface area contributed by atoms with Gasteiger partial charge < -0.3 is 34.9 Å². The largest absolute Gasteiger partial charge is 0.465 e. The Morgan fingerprint density at radius 2 is 1.34 bits per heavy atom. The minimum atomic E-state index is -1.17. The van der Waals surface area contributed by atoms with E-state index >= 15 is 0 Å². The molecule has 0 unspecified atom stereocenters. The zero-order valence-corrected chi connectivity index (χ0v) is 31.5. The van der Waals surface area contributed by atoms with Gasteiger partial charge in [0.25, 0.3) is 0 Å². The zero-order valence-electron chi connectivity index (χ0n) is 31.5. The number of carboxylic acid groups (broad SMARTS) is 1. The van der Waals surface area contributed by atoms with E-state index in [4.69, 9.17) is 0 Å². The van der Waals surface area contributed by atoms with Gasteiger partial charge in [-0.2, -0.15) is 0 Å². The normalized spacial score (nSPS) is 17.7. The molecule has 2 aliphatic heterocycles. The van der Waals surface area contributed by atoms with Crippen LogP contribution in [0.5, 0.6) is 0 Å². The first-order valence-electron chi connectivity index (χ1n) is 18.7. The smallest absolute Gasteiger partial charge is 0.407 e. The van der Waals surface area contributed by atoms with E-state index in [-0.39, 0.29) is 30.3 Å². The van der Waals surface area contributed by atoms with Gasteiger partial charge in [0.1, 0.15) is 23.7 Å². The molecule has 2 aliphatic rings. The van der Waals surface area contributed by atoms with Gasteiger partial charge >= 0.3 is 12.2 Å². The molecule has 15 nitrogen and oxygen atoms in total. The molecule has 4 amide bonds. The van der Waals surface area contributed by atoms with Gasteiger partial charge in [-0.05, 0) is 66.5 Å². The first kappa shape index (κ1) is 37.8. The molecule has 2 aromatic carbocycles. The summed E-state index contributed by atoms with van der Waals surface area (Å²) in [6.07, 6.45) is 8.39. The van der Waals surface area contributed by atoms with Crippen molar-refractivity contribution in [2.24, 2.45) is 0 Å². The van der Waals surface area contributed by atoms with Gasteiger partial charge in [-0.1, -0.05) is 54.6 Å². The van der Waals surface area contributed by atoms with Crippen molar-refractivity contribution in [1.82, 2.24) is 44.9 Å². The second kappa shape index (κ2) is 16.5. The zero-order chi connectivity index (χ0) is 39.3. The van der Waals surface area contributed by atoms with Gasteiger partial charge in [0.2, 0.25) is 11.8 Å². The van der Waals surface area contributed by atoms with E-state index in [1.54, 1.807) is 47.6 Å². The lowest BCUT2D eigenvalue weighted by Gasteiger charge is -2.31. The minimum absolute atomic E-state index is 0.180. The number of hydrogen-bond donors (Lipinski definition) is 4. The van der Waals surface area contributed by atoms with Crippen LogP contribution in [0.15, 0.2) is 85.5 Å². The first-order chi connectivity index (χ1) is 27.1. The van der Waals surface area contributed by atoms with E-state index in [1.807, 2.05) is 30.3 Å². The number of amides is 4. The number of ether oxygens (including phenoxy) is 1. The van der Waals surface area contributed by atoms with Crippen LogP contribution in [-0.2, 0) is 20.7 Å². The molecule has 5 heterocycles. The summed E-state index contributed by atoms with van der Waals surface area (Å²) in [5.74, 6) is 0.945. The number of hydrogen-bond acceptors (Lipinski definition) is 8. The van der Waals surface area contributed by atoms with Gasteiger partial charge in [0.15, 0.2) is 0 Å². The molecule has 2 fully saturated rings. The molecular weight excluding hydrogens is 715 g/mol. The molecule has 2 saturated heterocycles. The van der Waals surface area contributed by atoms with Crippen LogP contribution in [-0.4, -0.2) is 108 Å². The molecule has 0 radical (unpaired) electrons. The van der Waals surface area contributed by atoms with Crippen LogP contribution < -0.4 is 5.32 Å². The van der Waals surface area contributed by atoms with Gasteiger partial charge in [-0.25, -0.2) is 19.6 Å². The summed E-state index contributed by atoms with van der Waals surface area (Å²) in [5.41, 5.74) is 6.43. The quantitative estimate of drug-likeness (QED) is 0.129. The molecule has 4 atom stereocenters. The topological polar surface area (TPSA) is 190 Å². The summed E-state index contributed by atoms with van der Waals surface area (Å²) < 4.78 is 4.64. The van der Waals surface area contributed by atoms with Gasteiger partial charge in [0, 0.05) is 39.0 Å². The van der Waals surface area contributed by atoms with Crippen LogP contribution in [0.3, 0.4) is 0 Å². The number of carbonyl (C=O) groups excluding carboxylic acids is 3. The van der Waals surface area contributed by atoms with Gasteiger partial charge in [0.05, 0.1) is 43.0 Å². The molecule has 290 valence electrons. The number of aromatic amines is 2. The summed E-state index contributed by atoms with van der Waals surface area (Å²) >= 11 is 0. The number of rotatable bonds is 11. The number of H-pyrrole nitrogens is 2. The van der Waals surface area contributed by atoms with Crippen molar-refractivity contribution in [2.45, 2.75) is 63.2 Å². The number of benzene rings is 2.